The van der Waals surface area contributed by atoms with Gasteiger partial charge in [-0.3, -0.25) is 0 Å². The minimum Gasteiger partial charge on any atom is -0.478 e. The van der Waals surface area contributed by atoms with Crippen molar-refractivity contribution in [1.82, 2.24) is 0 Å². The second-order valence-electron chi connectivity index (χ2n) is 6.33. The summed E-state index contributed by atoms with van der Waals surface area (Å²) in [5.41, 5.74) is -1.14. The van der Waals surface area contributed by atoms with Gasteiger partial charge in [-0.15, -0.1) is 0 Å². The summed E-state index contributed by atoms with van der Waals surface area (Å²) >= 11 is 0. The average molecular weight is 402 g/mol. The highest BCUT2D eigenvalue weighted by molar-refractivity contribution is 5.90. The number of rotatable bonds is 4. The molecule has 2 aromatic rings. The molecular formula is C20H16F6O2. The summed E-state index contributed by atoms with van der Waals surface area (Å²) in [4.78, 5) is 11.0. The van der Waals surface area contributed by atoms with Gasteiger partial charge < -0.3 is 5.11 Å². The van der Waals surface area contributed by atoms with E-state index < -0.39 is 35.4 Å². The smallest absolute Gasteiger partial charge is 0.417 e. The summed E-state index contributed by atoms with van der Waals surface area (Å²) in [7, 11) is 0. The van der Waals surface area contributed by atoms with Gasteiger partial charge in [0.1, 0.15) is 0 Å². The Morgan fingerprint density at radius 3 is 2.11 bits per heavy atom. The van der Waals surface area contributed by atoms with Crippen molar-refractivity contribution < 1.29 is 36.2 Å². The Balaban J connectivity index is 2.48. The maximum atomic E-state index is 13.5. The van der Waals surface area contributed by atoms with Crippen molar-refractivity contribution in [2.24, 2.45) is 0 Å². The molecular weight excluding hydrogens is 386 g/mol. The van der Waals surface area contributed by atoms with Crippen molar-refractivity contribution in [2.45, 2.75) is 32.1 Å². The first kappa shape index (κ1) is 21.5. The van der Waals surface area contributed by atoms with E-state index in [0.29, 0.717) is 11.6 Å². The largest absolute Gasteiger partial charge is 0.478 e. The number of carbonyl (C=O) groups is 1. The molecule has 2 rings (SSSR count). The minimum absolute atomic E-state index is 0.0370. The van der Waals surface area contributed by atoms with Gasteiger partial charge in [-0.05, 0) is 48.2 Å². The van der Waals surface area contributed by atoms with Crippen molar-refractivity contribution in [1.29, 1.82) is 0 Å². The molecule has 0 aromatic heterocycles. The zero-order valence-corrected chi connectivity index (χ0v) is 14.8. The first-order chi connectivity index (χ1) is 12.8. The SMILES string of the molecule is Cc1ccc(C(/C=C/c2ccc(C(=O)O)c(C(F)(F)F)c2)C(F)(F)F)cc1C. The van der Waals surface area contributed by atoms with Crippen LogP contribution in [0.5, 0.6) is 0 Å². The lowest BCUT2D eigenvalue weighted by molar-refractivity contribution is -0.139. The van der Waals surface area contributed by atoms with E-state index in [2.05, 4.69) is 0 Å². The number of aromatic carboxylic acids is 1. The topological polar surface area (TPSA) is 37.3 Å². The van der Waals surface area contributed by atoms with Gasteiger partial charge in [0, 0.05) is 0 Å². The third kappa shape index (κ3) is 4.94. The molecule has 1 atom stereocenters. The number of hydrogen-bond acceptors (Lipinski definition) is 1. The van der Waals surface area contributed by atoms with Crippen LogP contribution in [0.15, 0.2) is 42.5 Å². The molecule has 0 heterocycles. The summed E-state index contributed by atoms with van der Waals surface area (Å²) in [5, 5.41) is 8.87. The Labute approximate surface area is 157 Å². The predicted octanol–water partition coefficient (Wildman–Crippen LogP) is 6.38. The summed E-state index contributed by atoms with van der Waals surface area (Å²) in [6.45, 7) is 3.41. The summed E-state index contributed by atoms with van der Waals surface area (Å²) in [6, 6.07) is 6.52. The zero-order chi connectivity index (χ0) is 21.3. The highest BCUT2D eigenvalue weighted by Gasteiger charge is 2.39. The maximum Gasteiger partial charge on any atom is 0.417 e. The van der Waals surface area contributed by atoms with E-state index in [1.54, 1.807) is 19.9 Å². The molecule has 28 heavy (non-hydrogen) atoms. The van der Waals surface area contributed by atoms with Crippen LogP contribution in [-0.4, -0.2) is 17.3 Å². The van der Waals surface area contributed by atoms with Crippen LogP contribution in [0.2, 0.25) is 0 Å². The molecule has 0 amide bonds. The van der Waals surface area contributed by atoms with Gasteiger partial charge in [0.05, 0.1) is 17.0 Å². The Morgan fingerprint density at radius 1 is 0.964 bits per heavy atom. The molecule has 0 aliphatic carbocycles. The van der Waals surface area contributed by atoms with Crippen LogP contribution in [0.4, 0.5) is 26.3 Å². The Kier molecular flexibility index (Phi) is 5.91. The fourth-order valence-corrected chi connectivity index (χ4v) is 2.66. The maximum absolute atomic E-state index is 13.5. The van der Waals surface area contributed by atoms with Crippen LogP contribution >= 0.6 is 0 Å². The van der Waals surface area contributed by atoms with Crippen LogP contribution in [-0.2, 0) is 6.18 Å². The lowest BCUT2D eigenvalue weighted by atomic mass is 9.93. The number of allylic oxidation sites excluding steroid dienone is 1. The zero-order valence-electron chi connectivity index (χ0n) is 14.8. The van der Waals surface area contributed by atoms with Crippen LogP contribution in [0.25, 0.3) is 6.08 Å². The van der Waals surface area contributed by atoms with Crippen molar-refractivity contribution in [3.05, 3.63) is 75.9 Å². The number of aryl methyl sites for hydroxylation is 2. The summed E-state index contributed by atoms with van der Waals surface area (Å²) < 4.78 is 79.6. The fraction of sp³-hybridized carbons (Fsp3) is 0.250. The van der Waals surface area contributed by atoms with Gasteiger partial charge in [0.25, 0.3) is 0 Å². The van der Waals surface area contributed by atoms with E-state index >= 15 is 0 Å². The highest BCUT2D eigenvalue weighted by atomic mass is 19.4. The number of carboxylic acid groups (broad SMARTS) is 1. The molecule has 0 saturated carbocycles. The first-order valence-corrected chi connectivity index (χ1v) is 8.07. The van der Waals surface area contributed by atoms with Gasteiger partial charge in [0.15, 0.2) is 0 Å². The van der Waals surface area contributed by atoms with Crippen LogP contribution in [0.1, 0.15) is 44.1 Å². The average Bonchev–Trinajstić information content (AvgIpc) is 2.56. The van der Waals surface area contributed by atoms with Gasteiger partial charge in [0.2, 0.25) is 0 Å². The molecule has 0 fully saturated rings. The van der Waals surface area contributed by atoms with Crippen molar-refractivity contribution in [3.63, 3.8) is 0 Å². The lowest BCUT2D eigenvalue weighted by Gasteiger charge is -2.18. The molecule has 0 aliphatic rings. The normalized spacial score (nSPS) is 13.7. The first-order valence-electron chi connectivity index (χ1n) is 8.07. The Bertz CT molecular complexity index is 910. The molecule has 0 saturated heterocycles. The standard InChI is InChI=1S/C20H16F6O2/c1-11-3-6-14(9-12(11)2)16(19(21,22)23)8-5-13-4-7-15(18(27)28)17(10-13)20(24,25)26/h3-10,16H,1-2H3,(H,27,28)/b8-5+. The second-order valence-corrected chi connectivity index (χ2v) is 6.33. The third-order valence-corrected chi connectivity index (χ3v) is 4.30. The molecule has 2 nitrogen and oxygen atoms in total. The minimum atomic E-state index is -4.95. The molecule has 0 bridgehead atoms. The quantitative estimate of drug-likeness (QED) is 0.603. The van der Waals surface area contributed by atoms with E-state index in [9.17, 15) is 31.1 Å². The fourth-order valence-electron chi connectivity index (χ4n) is 2.66. The Hall–Kier alpha value is -2.77. The number of benzene rings is 2. The van der Waals surface area contributed by atoms with Gasteiger partial charge in [-0.2, -0.15) is 26.3 Å². The molecule has 0 spiro atoms. The Morgan fingerprint density at radius 2 is 1.61 bits per heavy atom. The monoisotopic (exact) mass is 402 g/mol. The summed E-state index contributed by atoms with van der Waals surface area (Å²) in [5.74, 6) is -3.79. The molecule has 150 valence electrons. The number of carboxylic acids is 1. The van der Waals surface area contributed by atoms with Crippen molar-refractivity contribution in [2.75, 3.05) is 0 Å². The number of hydrogen-bond donors (Lipinski definition) is 1. The van der Waals surface area contributed by atoms with E-state index in [1.165, 1.54) is 12.1 Å². The van der Waals surface area contributed by atoms with Gasteiger partial charge in [-0.1, -0.05) is 36.4 Å². The molecule has 0 aliphatic heterocycles. The molecule has 1 N–H and O–H groups in total. The number of alkyl halides is 6. The van der Waals surface area contributed by atoms with Crippen molar-refractivity contribution >= 4 is 12.0 Å². The van der Waals surface area contributed by atoms with E-state index in [-0.39, 0.29) is 11.1 Å². The highest BCUT2D eigenvalue weighted by Crippen LogP contribution is 2.38. The predicted molar refractivity (Wildman–Crippen MR) is 92.1 cm³/mol. The molecule has 2 aromatic carbocycles. The number of halogens is 6. The van der Waals surface area contributed by atoms with Crippen LogP contribution in [0.3, 0.4) is 0 Å². The van der Waals surface area contributed by atoms with E-state index in [0.717, 1.165) is 29.8 Å². The van der Waals surface area contributed by atoms with Gasteiger partial charge >= 0.3 is 18.3 Å². The third-order valence-electron chi connectivity index (χ3n) is 4.30. The second kappa shape index (κ2) is 7.69. The summed E-state index contributed by atoms with van der Waals surface area (Å²) in [6.07, 6.45) is -7.92. The molecule has 1 unspecified atom stereocenters. The molecule has 0 radical (unpaired) electrons. The van der Waals surface area contributed by atoms with Crippen molar-refractivity contribution in [3.8, 4) is 0 Å². The molecule has 8 heteroatoms. The van der Waals surface area contributed by atoms with E-state index in [4.69, 9.17) is 5.11 Å². The van der Waals surface area contributed by atoms with E-state index in [1.807, 2.05) is 0 Å². The lowest BCUT2D eigenvalue weighted by Crippen LogP contribution is -2.19. The van der Waals surface area contributed by atoms with Gasteiger partial charge in [-0.25, -0.2) is 4.79 Å². The van der Waals surface area contributed by atoms with Crippen LogP contribution < -0.4 is 0 Å². The van der Waals surface area contributed by atoms with Crippen LogP contribution in [0, 0.1) is 13.8 Å².